The molecule has 1 unspecified atom stereocenters. The molecule has 1 heterocycles. The predicted octanol–water partition coefficient (Wildman–Crippen LogP) is 1.54. The molecule has 0 saturated carbocycles. The van der Waals surface area contributed by atoms with E-state index in [1.165, 1.54) is 12.3 Å². The topological polar surface area (TPSA) is 95.2 Å². The standard InChI is InChI=1S/C9H13O7P/c1-13-8(10)7-6(4-5-16-7)9(11)17(12,14-2)15-3/h4-5,9,11H,1-3H3. The van der Waals surface area contributed by atoms with E-state index >= 15 is 0 Å². The predicted molar refractivity (Wildman–Crippen MR) is 56.6 cm³/mol. The number of aliphatic hydroxyl groups excluding tert-OH is 1. The second-order valence-corrected chi connectivity index (χ2v) is 5.27. The maximum Gasteiger partial charge on any atom is 0.374 e. The van der Waals surface area contributed by atoms with Crippen LogP contribution in [0.2, 0.25) is 0 Å². The van der Waals surface area contributed by atoms with Crippen LogP contribution in [0.15, 0.2) is 16.7 Å². The normalized spacial score (nSPS) is 13.4. The van der Waals surface area contributed by atoms with Crippen molar-refractivity contribution in [2.75, 3.05) is 21.3 Å². The van der Waals surface area contributed by atoms with Crippen molar-refractivity contribution in [2.45, 2.75) is 5.85 Å². The van der Waals surface area contributed by atoms with E-state index in [9.17, 15) is 14.5 Å². The van der Waals surface area contributed by atoms with Gasteiger partial charge in [0.2, 0.25) is 5.76 Å². The Morgan fingerprint density at radius 2 is 2.00 bits per heavy atom. The van der Waals surface area contributed by atoms with Gasteiger partial charge in [-0.2, -0.15) is 0 Å². The van der Waals surface area contributed by atoms with Gasteiger partial charge in [0.25, 0.3) is 0 Å². The van der Waals surface area contributed by atoms with E-state index in [-0.39, 0.29) is 11.3 Å². The molecule has 0 fully saturated rings. The van der Waals surface area contributed by atoms with Crippen molar-refractivity contribution >= 4 is 13.6 Å². The molecule has 7 nitrogen and oxygen atoms in total. The van der Waals surface area contributed by atoms with Crippen molar-refractivity contribution in [3.05, 3.63) is 23.7 Å². The number of furan rings is 1. The number of ether oxygens (including phenoxy) is 1. The number of rotatable bonds is 5. The number of esters is 1. The first-order valence-electron chi connectivity index (χ1n) is 4.55. The van der Waals surface area contributed by atoms with Gasteiger partial charge >= 0.3 is 13.6 Å². The number of carbonyl (C=O) groups excluding carboxylic acids is 1. The minimum absolute atomic E-state index is 0.0103. The Labute approximate surface area is 97.8 Å². The number of aliphatic hydroxyl groups is 1. The maximum absolute atomic E-state index is 11.9. The number of hydrogen-bond donors (Lipinski definition) is 1. The van der Waals surface area contributed by atoms with Crippen molar-refractivity contribution in [1.82, 2.24) is 0 Å². The van der Waals surface area contributed by atoms with Gasteiger partial charge in [0.1, 0.15) is 0 Å². The Kier molecular flexibility index (Phi) is 4.47. The largest absolute Gasteiger partial charge is 0.463 e. The van der Waals surface area contributed by atoms with Crippen LogP contribution in [0.4, 0.5) is 0 Å². The molecule has 0 radical (unpaired) electrons. The molecule has 1 aromatic heterocycles. The molecular weight excluding hydrogens is 251 g/mol. The van der Waals surface area contributed by atoms with Crippen LogP contribution in [-0.2, 0) is 18.3 Å². The fourth-order valence-corrected chi connectivity index (χ4v) is 2.32. The lowest BCUT2D eigenvalue weighted by Crippen LogP contribution is -2.08. The Morgan fingerprint density at radius 1 is 1.41 bits per heavy atom. The van der Waals surface area contributed by atoms with E-state index in [1.807, 2.05) is 0 Å². The van der Waals surface area contributed by atoms with E-state index in [4.69, 9.17) is 4.42 Å². The van der Waals surface area contributed by atoms with Crippen LogP contribution >= 0.6 is 7.60 Å². The van der Waals surface area contributed by atoms with Crippen LogP contribution < -0.4 is 0 Å². The highest BCUT2D eigenvalue weighted by Gasteiger charge is 2.37. The van der Waals surface area contributed by atoms with E-state index in [0.717, 1.165) is 21.3 Å². The Balaban J connectivity index is 3.13. The first-order valence-corrected chi connectivity index (χ1v) is 6.16. The molecule has 1 aromatic rings. The summed E-state index contributed by atoms with van der Waals surface area (Å²) in [5, 5.41) is 9.87. The second-order valence-electron chi connectivity index (χ2n) is 2.98. The molecule has 0 aliphatic carbocycles. The number of hydrogen-bond acceptors (Lipinski definition) is 7. The van der Waals surface area contributed by atoms with Gasteiger partial charge in [-0.25, -0.2) is 4.79 Å². The van der Waals surface area contributed by atoms with Crippen molar-refractivity contribution in [3.63, 3.8) is 0 Å². The third kappa shape index (κ3) is 2.58. The van der Waals surface area contributed by atoms with Gasteiger partial charge in [0.15, 0.2) is 5.85 Å². The molecule has 0 spiro atoms. The van der Waals surface area contributed by atoms with Gasteiger partial charge in [-0.15, -0.1) is 0 Å². The van der Waals surface area contributed by atoms with Crippen molar-refractivity contribution in [3.8, 4) is 0 Å². The minimum atomic E-state index is -3.75. The van der Waals surface area contributed by atoms with Gasteiger partial charge in [-0.3, -0.25) is 4.57 Å². The highest BCUT2D eigenvalue weighted by atomic mass is 31.2. The summed E-state index contributed by atoms with van der Waals surface area (Å²) in [5.41, 5.74) is -0.0103. The van der Waals surface area contributed by atoms with Crippen molar-refractivity contribution < 1.29 is 32.7 Å². The molecule has 1 N–H and O–H groups in total. The van der Waals surface area contributed by atoms with E-state index in [2.05, 4.69) is 13.8 Å². The minimum Gasteiger partial charge on any atom is -0.463 e. The third-order valence-electron chi connectivity index (χ3n) is 2.15. The highest BCUT2D eigenvalue weighted by molar-refractivity contribution is 7.54. The van der Waals surface area contributed by atoms with Crippen molar-refractivity contribution in [1.29, 1.82) is 0 Å². The molecule has 17 heavy (non-hydrogen) atoms. The summed E-state index contributed by atoms with van der Waals surface area (Å²) < 4.78 is 30.5. The SMILES string of the molecule is COC(=O)c1occc1C(O)P(=O)(OC)OC. The molecule has 1 rings (SSSR count). The van der Waals surface area contributed by atoms with Gasteiger partial charge in [-0.05, 0) is 6.07 Å². The smallest absolute Gasteiger partial charge is 0.374 e. The van der Waals surface area contributed by atoms with Crippen molar-refractivity contribution in [2.24, 2.45) is 0 Å². The lowest BCUT2D eigenvalue weighted by molar-refractivity contribution is 0.0558. The van der Waals surface area contributed by atoms with Crippen LogP contribution in [0, 0.1) is 0 Å². The number of carbonyl (C=O) groups is 1. The summed E-state index contributed by atoms with van der Waals surface area (Å²) in [6.45, 7) is 0. The zero-order chi connectivity index (χ0) is 13.1. The molecule has 0 bridgehead atoms. The lowest BCUT2D eigenvalue weighted by atomic mass is 10.2. The van der Waals surface area contributed by atoms with Crippen LogP contribution in [0.3, 0.4) is 0 Å². The third-order valence-corrected chi connectivity index (χ3v) is 4.05. The summed E-state index contributed by atoms with van der Waals surface area (Å²) >= 11 is 0. The van der Waals surface area contributed by atoms with Gasteiger partial charge in [-0.1, -0.05) is 0 Å². The molecular formula is C9H13O7P. The fraction of sp³-hybridized carbons (Fsp3) is 0.444. The molecule has 0 amide bonds. The molecule has 0 saturated heterocycles. The quantitative estimate of drug-likeness (QED) is 0.636. The average molecular weight is 264 g/mol. The monoisotopic (exact) mass is 264 g/mol. The second kappa shape index (κ2) is 5.46. The molecule has 96 valence electrons. The fourth-order valence-electron chi connectivity index (χ4n) is 1.23. The summed E-state index contributed by atoms with van der Waals surface area (Å²) in [4.78, 5) is 11.3. The van der Waals surface area contributed by atoms with Crippen LogP contribution in [-0.4, -0.2) is 32.4 Å². The summed E-state index contributed by atoms with van der Waals surface area (Å²) in [5.74, 6) is -2.65. The van der Waals surface area contributed by atoms with Crippen LogP contribution in [0.5, 0.6) is 0 Å². The molecule has 0 aromatic carbocycles. The first-order chi connectivity index (χ1) is 8.00. The van der Waals surface area contributed by atoms with E-state index in [1.54, 1.807) is 0 Å². The lowest BCUT2D eigenvalue weighted by Gasteiger charge is -2.19. The van der Waals surface area contributed by atoms with Crippen LogP contribution in [0.1, 0.15) is 22.0 Å². The Bertz CT molecular complexity index is 430. The summed E-state index contributed by atoms with van der Waals surface area (Å²) in [6, 6.07) is 1.29. The molecule has 8 heteroatoms. The highest BCUT2D eigenvalue weighted by Crippen LogP contribution is 2.58. The first kappa shape index (κ1) is 13.9. The van der Waals surface area contributed by atoms with Gasteiger partial charge in [0.05, 0.1) is 13.4 Å². The zero-order valence-electron chi connectivity index (χ0n) is 9.58. The Morgan fingerprint density at radius 3 is 2.47 bits per heavy atom. The maximum atomic E-state index is 11.9. The van der Waals surface area contributed by atoms with Crippen LogP contribution in [0.25, 0.3) is 0 Å². The van der Waals surface area contributed by atoms with E-state index in [0.29, 0.717) is 0 Å². The Hall–Kier alpha value is -1.14. The zero-order valence-corrected chi connectivity index (χ0v) is 10.5. The van der Waals surface area contributed by atoms with E-state index < -0.39 is 19.4 Å². The number of methoxy groups -OCH3 is 1. The van der Waals surface area contributed by atoms with Gasteiger partial charge < -0.3 is 23.3 Å². The molecule has 1 atom stereocenters. The summed E-state index contributed by atoms with van der Waals surface area (Å²) in [6.07, 6.45) is 1.17. The molecule has 0 aliphatic heterocycles. The van der Waals surface area contributed by atoms with Gasteiger partial charge in [0, 0.05) is 19.8 Å². The summed E-state index contributed by atoms with van der Waals surface area (Å²) in [7, 11) is -0.330. The molecule has 0 aliphatic rings. The average Bonchev–Trinajstić information content (AvgIpc) is 2.84.